The van der Waals surface area contributed by atoms with Crippen LogP contribution in [0.3, 0.4) is 0 Å². The summed E-state index contributed by atoms with van der Waals surface area (Å²) < 4.78 is -0.287. The van der Waals surface area contributed by atoms with Gasteiger partial charge in [-0.2, -0.15) is 0 Å². The fourth-order valence-corrected chi connectivity index (χ4v) is 2.73. The molecule has 1 heterocycles. The lowest BCUT2D eigenvalue weighted by Gasteiger charge is -2.21. The minimum absolute atomic E-state index is 0.0516. The third-order valence-electron chi connectivity index (χ3n) is 2.49. The molecule has 0 saturated carbocycles. The fourth-order valence-electron chi connectivity index (χ4n) is 1.50. The number of nitrogens with zero attached hydrogens (tertiary/aromatic N) is 1. The average Bonchev–Trinajstić information content (AvgIpc) is 2.66. The second-order valence-corrected chi connectivity index (χ2v) is 5.38. The first-order chi connectivity index (χ1) is 7.08. The highest BCUT2D eigenvalue weighted by Gasteiger charge is 2.36. The quantitative estimate of drug-likeness (QED) is 0.285. The van der Waals surface area contributed by atoms with Gasteiger partial charge in [0.25, 0.3) is 0 Å². The highest BCUT2D eigenvalue weighted by molar-refractivity contribution is 8.01. The lowest BCUT2D eigenvalue weighted by atomic mass is 10.1. The van der Waals surface area contributed by atoms with Gasteiger partial charge in [-0.15, -0.1) is 11.8 Å². The number of amidine groups is 1. The Morgan fingerprint density at radius 2 is 2.47 bits per heavy atom. The summed E-state index contributed by atoms with van der Waals surface area (Å²) in [4.78, 5) is 11.8. The summed E-state index contributed by atoms with van der Waals surface area (Å²) >= 11 is 1.69. The number of amides is 1. The highest BCUT2D eigenvalue weighted by Crippen LogP contribution is 2.37. The standard InChI is InChI=1S/C9H17N3O2S/c1-9(4-2-6-15-9)8(13)11-5-3-7(10)12-14/h14H,2-6H2,1H3,(H2,10,12)(H,11,13). The maximum absolute atomic E-state index is 11.8. The second-order valence-electron chi connectivity index (χ2n) is 3.78. The first-order valence-corrected chi connectivity index (χ1v) is 5.96. The van der Waals surface area contributed by atoms with Crippen LogP contribution in [0.25, 0.3) is 0 Å². The Balaban J connectivity index is 2.30. The summed E-state index contributed by atoms with van der Waals surface area (Å²) in [6.45, 7) is 2.38. The molecule has 0 aromatic rings. The smallest absolute Gasteiger partial charge is 0.235 e. The summed E-state index contributed by atoms with van der Waals surface area (Å²) in [5.74, 6) is 1.24. The summed E-state index contributed by atoms with van der Waals surface area (Å²) in [5.41, 5.74) is 5.29. The van der Waals surface area contributed by atoms with Gasteiger partial charge in [0.1, 0.15) is 5.84 Å². The molecule has 4 N–H and O–H groups in total. The zero-order valence-electron chi connectivity index (χ0n) is 8.82. The van der Waals surface area contributed by atoms with Crippen molar-refractivity contribution < 1.29 is 10.0 Å². The summed E-state index contributed by atoms with van der Waals surface area (Å²) in [7, 11) is 0. The van der Waals surface area contributed by atoms with Gasteiger partial charge in [0, 0.05) is 13.0 Å². The molecule has 1 amide bonds. The highest BCUT2D eigenvalue weighted by atomic mass is 32.2. The first-order valence-electron chi connectivity index (χ1n) is 4.97. The van der Waals surface area contributed by atoms with Gasteiger partial charge in [-0.1, -0.05) is 5.16 Å². The third kappa shape index (κ3) is 3.30. The zero-order chi connectivity index (χ0) is 11.3. The number of carbonyl (C=O) groups excluding carboxylic acids is 1. The van der Waals surface area contributed by atoms with Crippen molar-refractivity contribution in [2.45, 2.75) is 30.9 Å². The Kier molecular flexibility index (Phi) is 4.26. The molecular weight excluding hydrogens is 214 g/mol. The largest absolute Gasteiger partial charge is 0.409 e. The molecule has 6 heteroatoms. The van der Waals surface area contributed by atoms with Crippen LogP contribution in [0, 0.1) is 0 Å². The van der Waals surface area contributed by atoms with Crippen molar-refractivity contribution in [2.24, 2.45) is 10.9 Å². The maximum atomic E-state index is 11.8. The van der Waals surface area contributed by atoms with Crippen LogP contribution in [0.4, 0.5) is 0 Å². The van der Waals surface area contributed by atoms with Gasteiger partial charge in [0.15, 0.2) is 0 Å². The van der Waals surface area contributed by atoms with E-state index in [4.69, 9.17) is 10.9 Å². The molecule has 5 nitrogen and oxygen atoms in total. The van der Waals surface area contributed by atoms with Crippen molar-refractivity contribution in [3.05, 3.63) is 0 Å². The van der Waals surface area contributed by atoms with E-state index in [9.17, 15) is 4.79 Å². The summed E-state index contributed by atoms with van der Waals surface area (Å²) in [6.07, 6.45) is 2.39. The molecule has 1 aliphatic heterocycles. The van der Waals surface area contributed by atoms with Crippen molar-refractivity contribution in [3.63, 3.8) is 0 Å². The van der Waals surface area contributed by atoms with E-state index >= 15 is 0 Å². The van der Waals surface area contributed by atoms with Crippen LogP contribution in [-0.4, -0.2) is 34.0 Å². The van der Waals surface area contributed by atoms with Crippen LogP contribution >= 0.6 is 11.8 Å². The topological polar surface area (TPSA) is 87.7 Å². The number of thioether (sulfide) groups is 1. The molecule has 15 heavy (non-hydrogen) atoms. The number of hydrogen-bond donors (Lipinski definition) is 3. The van der Waals surface area contributed by atoms with Crippen molar-refractivity contribution in [1.29, 1.82) is 0 Å². The van der Waals surface area contributed by atoms with Gasteiger partial charge in [-0.25, -0.2) is 0 Å². The van der Waals surface area contributed by atoms with E-state index in [1.807, 2.05) is 6.92 Å². The molecule has 0 spiro atoms. The van der Waals surface area contributed by atoms with Crippen LogP contribution in [0.2, 0.25) is 0 Å². The molecule has 86 valence electrons. The average molecular weight is 231 g/mol. The van der Waals surface area contributed by atoms with Gasteiger partial charge in [0.05, 0.1) is 4.75 Å². The lowest BCUT2D eigenvalue weighted by Crippen LogP contribution is -2.41. The van der Waals surface area contributed by atoms with E-state index in [2.05, 4.69) is 10.5 Å². The number of nitrogens with one attached hydrogen (secondary N) is 1. The van der Waals surface area contributed by atoms with Gasteiger partial charge in [0.2, 0.25) is 5.91 Å². The van der Waals surface area contributed by atoms with Crippen LogP contribution in [0.15, 0.2) is 5.16 Å². The second kappa shape index (κ2) is 5.25. The van der Waals surface area contributed by atoms with E-state index in [1.165, 1.54) is 0 Å². The van der Waals surface area contributed by atoms with Gasteiger partial charge in [-0.3, -0.25) is 4.79 Å². The van der Waals surface area contributed by atoms with Crippen LogP contribution in [0.5, 0.6) is 0 Å². The summed E-state index contributed by atoms with van der Waals surface area (Å²) in [6, 6.07) is 0. The normalized spacial score (nSPS) is 26.6. The number of hydrogen-bond acceptors (Lipinski definition) is 4. The van der Waals surface area contributed by atoms with E-state index < -0.39 is 0 Å². The van der Waals surface area contributed by atoms with Crippen molar-refractivity contribution in [2.75, 3.05) is 12.3 Å². The van der Waals surface area contributed by atoms with Gasteiger partial charge >= 0.3 is 0 Å². The van der Waals surface area contributed by atoms with Gasteiger partial charge in [-0.05, 0) is 25.5 Å². The zero-order valence-corrected chi connectivity index (χ0v) is 9.64. The molecular formula is C9H17N3O2S. The molecule has 0 radical (unpaired) electrons. The van der Waals surface area contributed by atoms with Crippen molar-refractivity contribution >= 4 is 23.5 Å². The van der Waals surface area contributed by atoms with Gasteiger partial charge < -0.3 is 16.3 Å². The number of rotatable bonds is 4. The fraction of sp³-hybridized carbons (Fsp3) is 0.778. The Labute approximate surface area is 93.5 Å². The SMILES string of the molecule is CC1(C(=O)NCCC(N)=NO)CCCS1. The number of oxime groups is 1. The van der Waals surface area contributed by atoms with Crippen LogP contribution in [0.1, 0.15) is 26.2 Å². The maximum Gasteiger partial charge on any atom is 0.235 e. The molecule has 0 aliphatic carbocycles. The lowest BCUT2D eigenvalue weighted by molar-refractivity contribution is -0.123. The Hall–Kier alpha value is -0.910. The molecule has 1 rings (SSSR count). The third-order valence-corrected chi connectivity index (χ3v) is 4.01. The van der Waals surface area contributed by atoms with Crippen molar-refractivity contribution in [3.8, 4) is 0 Å². The van der Waals surface area contributed by atoms with E-state index in [-0.39, 0.29) is 16.5 Å². The molecule has 1 unspecified atom stereocenters. The van der Waals surface area contributed by atoms with E-state index in [0.29, 0.717) is 13.0 Å². The van der Waals surface area contributed by atoms with Crippen molar-refractivity contribution in [1.82, 2.24) is 5.32 Å². The number of nitrogens with two attached hydrogens (primary N) is 1. The molecule has 1 fully saturated rings. The molecule has 0 bridgehead atoms. The predicted octanol–water partition coefficient (Wildman–Crippen LogP) is 0.525. The molecule has 0 aromatic heterocycles. The Morgan fingerprint density at radius 1 is 1.73 bits per heavy atom. The molecule has 1 saturated heterocycles. The Bertz CT molecular complexity index is 262. The number of carbonyl (C=O) groups is 1. The monoisotopic (exact) mass is 231 g/mol. The van der Waals surface area contributed by atoms with Crippen LogP contribution < -0.4 is 11.1 Å². The van der Waals surface area contributed by atoms with E-state index in [0.717, 1.165) is 18.6 Å². The molecule has 0 aromatic carbocycles. The van der Waals surface area contributed by atoms with Crippen LogP contribution in [-0.2, 0) is 4.79 Å². The Morgan fingerprint density at radius 3 is 3.00 bits per heavy atom. The minimum Gasteiger partial charge on any atom is -0.409 e. The summed E-state index contributed by atoms with van der Waals surface area (Å²) in [5, 5.41) is 13.9. The predicted molar refractivity (Wildman–Crippen MR) is 61.1 cm³/mol. The molecule has 1 aliphatic rings. The molecule has 1 atom stereocenters. The first kappa shape index (κ1) is 12.2. The minimum atomic E-state index is -0.287. The van der Waals surface area contributed by atoms with E-state index in [1.54, 1.807) is 11.8 Å².